The highest BCUT2D eigenvalue weighted by Crippen LogP contribution is 2.28. The highest BCUT2D eigenvalue weighted by Gasteiger charge is 2.26. The number of carbonyl (C=O) groups excluding carboxylic acids is 2. The van der Waals surface area contributed by atoms with Gasteiger partial charge in [0.15, 0.2) is 0 Å². The number of aryl methyl sites for hydroxylation is 1. The van der Waals surface area contributed by atoms with Gasteiger partial charge in [0.05, 0.1) is 7.11 Å². The highest BCUT2D eigenvalue weighted by atomic mass is 16.5. The SMILES string of the molecule is COc1ccc(C(=O)N2CCC[C@@H](c3cccc(C(=O)NCc4cccc(C)c4)c3)C2)cc1. The molecule has 2 amide bonds. The van der Waals surface area contributed by atoms with E-state index in [1.807, 2.05) is 72.5 Å². The van der Waals surface area contributed by atoms with Gasteiger partial charge in [0.1, 0.15) is 5.75 Å². The number of carbonyl (C=O) groups is 2. The monoisotopic (exact) mass is 442 g/mol. The summed E-state index contributed by atoms with van der Waals surface area (Å²) in [6.07, 6.45) is 1.94. The third-order valence-corrected chi connectivity index (χ3v) is 6.20. The third kappa shape index (κ3) is 5.61. The van der Waals surface area contributed by atoms with Gasteiger partial charge in [-0.05, 0) is 67.3 Å². The van der Waals surface area contributed by atoms with Crippen LogP contribution in [0.5, 0.6) is 5.75 Å². The van der Waals surface area contributed by atoms with Crippen LogP contribution < -0.4 is 10.1 Å². The lowest BCUT2D eigenvalue weighted by molar-refractivity contribution is 0.0706. The van der Waals surface area contributed by atoms with Crippen LogP contribution in [0.15, 0.2) is 72.8 Å². The van der Waals surface area contributed by atoms with Gasteiger partial charge in [-0.1, -0.05) is 42.0 Å². The number of rotatable bonds is 6. The lowest BCUT2D eigenvalue weighted by atomic mass is 9.89. The summed E-state index contributed by atoms with van der Waals surface area (Å²) in [4.78, 5) is 27.7. The van der Waals surface area contributed by atoms with Gasteiger partial charge in [-0.2, -0.15) is 0 Å². The van der Waals surface area contributed by atoms with Gasteiger partial charge in [-0.3, -0.25) is 9.59 Å². The summed E-state index contributed by atoms with van der Waals surface area (Å²) in [7, 11) is 1.61. The van der Waals surface area contributed by atoms with E-state index in [1.54, 1.807) is 7.11 Å². The average Bonchev–Trinajstić information content (AvgIpc) is 2.87. The molecule has 1 aliphatic rings. The standard InChI is InChI=1S/C28H30N2O3/c1-20-6-3-7-21(16-20)18-29-27(31)24-9-4-8-23(17-24)25-10-5-15-30(19-25)28(32)22-11-13-26(33-2)14-12-22/h3-4,6-9,11-14,16-17,25H,5,10,15,18-19H2,1-2H3,(H,29,31)/t25-/m1/s1. The molecule has 0 spiro atoms. The number of nitrogens with zero attached hydrogens (tertiary/aromatic N) is 1. The van der Waals surface area contributed by atoms with Crippen LogP contribution in [0.1, 0.15) is 56.2 Å². The molecule has 4 rings (SSSR count). The Bertz CT molecular complexity index is 1120. The molecule has 33 heavy (non-hydrogen) atoms. The Balaban J connectivity index is 1.41. The number of likely N-dealkylation sites (tertiary alicyclic amines) is 1. The van der Waals surface area contributed by atoms with Crippen molar-refractivity contribution in [3.05, 3.63) is 101 Å². The molecule has 1 N–H and O–H groups in total. The summed E-state index contributed by atoms with van der Waals surface area (Å²) in [5, 5.41) is 3.02. The first-order valence-electron chi connectivity index (χ1n) is 11.4. The lowest BCUT2D eigenvalue weighted by Crippen LogP contribution is -2.39. The zero-order chi connectivity index (χ0) is 23.2. The van der Waals surface area contributed by atoms with Gasteiger partial charge in [0.25, 0.3) is 11.8 Å². The first kappa shape index (κ1) is 22.6. The number of amides is 2. The molecule has 0 saturated carbocycles. The normalized spacial score (nSPS) is 15.7. The topological polar surface area (TPSA) is 58.6 Å². The lowest BCUT2D eigenvalue weighted by Gasteiger charge is -2.33. The van der Waals surface area contributed by atoms with E-state index in [2.05, 4.69) is 17.4 Å². The van der Waals surface area contributed by atoms with Crippen LogP contribution in [0.25, 0.3) is 0 Å². The minimum absolute atomic E-state index is 0.0365. The molecule has 5 heteroatoms. The molecule has 0 bridgehead atoms. The second-order valence-electron chi connectivity index (χ2n) is 8.62. The maximum atomic E-state index is 13.0. The molecule has 0 radical (unpaired) electrons. The molecule has 0 aliphatic carbocycles. The largest absolute Gasteiger partial charge is 0.497 e. The van der Waals surface area contributed by atoms with Crippen molar-refractivity contribution in [2.24, 2.45) is 0 Å². The Morgan fingerprint density at radius 1 is 1.00 bits per heavy atom. The second-order valence-corrected chi connectivity index (χ2v) is 8.62. The van der Waals surface area contributed by atoms with Crippen LogP contribution in [-0.2, 0) is 6.54 Å². The zero-order valence-corrected chi connectivity index (χ0v) is 19.2. The van der Waals surface area contributed by atoms with Gasteiger partial charge in [-0.15, -0.1) is 0 Å². The fourth-order valence-electron chi connectivity index (χ4n) is 4.39. The molecule has 3 aromatic carbocycles. The van der Waals surface area contributed by atoms with Crippen molar-refractivity contribution in [1.82, 2.24) is 10.2 Å². The fraction of sp³-hybridized carbons (Fsp3) is 0.286. The smallest absolute Gasteiger partial charge is 0.253 e. The minimum atomic E-state index is -0.0830. The molecule has 1 atom stereocenters. The molecule has 5 nitrogen and oxygen atoms in total. The second kappa shape index (κ2) is 10.3. The van der Waals surface area contributed by atoms with Crippen LogP contribution in [0.2, 0.25) is 0 Å². The van der Waals surface area contributed by atoms with Crippen molar-refractivity contribution in [2.75, 3.05) is 20.2 Å². The summed E-state index contributed by atoms with van der Waals surface area (Å²) in [5.41, 5.74) is 4.68. The average molecular weight is 443 g/mol. The van der Waals surface area contributed by atoms with Crippen molar-refractivity contribution in [3.8, 4) is 5.75 Å². The Hall–Kier alpha value is -3.60. The van der Waals surface area contributed by atoms with Crippen molar-refractivity contribution in [2.45, 2.75) is 32.2 Å². The predicted molar refractivity (Wildman–Crippen MR) is 130 cm³/mol. The number of hydrogen-bond acceptors (Lipinski definition) is 3. The van der Waals surface area contributed by atoms with E-state index in [1.165, 1.54) is 5.56 Å². The molecule has 3 aromatic rings. The molecule has 0 unspecified atom stereocenters. The summed E-state index contributed by atoms with van der Waals surface area (Å²) in [6, 6.07) is 23.2. The molecule has 1 aliphatic heterocycles. The maximum Gasteiger partial charge on any atom is 0.253 e. The van der Waals surface area contributed by atoms with Crippen molar-refractivity contribution in [3.63, 3.8) is 0 Å². The first-order chi connectivity index (χ1) is 16.0. The van der Waals surface area contributed by atoms with Crippen molar-refractivity contribution < 1.29 is 14.3 Å². The van der Waals surface area contributed by atoms with Gasteiger partial charge in [-0.25, -0.2) is 0 Å². The van der Waals surface area contributed by atoms with E-state index in [4.69, 9.17) is 4.74 Å². The summed E-state index contributed by atoms with van der Waals surface area (Å²) < 4.78 is 5.19. The summed E-state index contributed by atoms with van der Waals surface area (Å²) in [6.45, 7) is 3.94. The molecule has 170 valence electrons. The van der Waals surface area contributed by atoms with Gasteiger partial charge in [0, 0.05) is 36.7 Å². The number of benzene rings is 3. The number of hydrogen-bond donors (Lipinski definition) is 1. The third-order valence-electron chi connectivity index (χ3n) is 6.20. The number of methoxy groups -OCH3 is 1. The molecular formula is C28H30N2O3. The van der Waals surface area contributed by atoms with Gasteiger partial charge in [0.2, 0.25) is 0 Å². The Morgan fingerprint density at radius 3 is 2.55 bits per heavy atom. The summed E-state index contributed by atoms with van der Waals surface area (Å²) in [5.74, 6) is 0.903. The molecule has 1 heterocycles. The van der Waals surface area contributed by atoms with Crippen molar-refractivity contribution >= 4 is 11.8 Å². The quantitative estimate of drug-likeness (QED) is 0.587. The molecule has 0 aromatic heterocycles. The Morgan fingerprint density at radius 2 is 1.79 bits per heavy atom. The maximum absolute atomic E-state index is 13.0. The van der Waals surface area contributed by atoms with Gasteiger partial charge >= 0.3 is 0 Å². The van der Waals surface area contributed by atoms with Gasteiger partial charge < -0.3 is 15.0 Å². The Kier molecular flexibility index (Phi) is 7.08. The molecular weight excluding hydrogens is 412 g/mol. The summed E-state index contributed by atoms with van der Waals surface area (Å²) >= 11 is 0. The minimum Gasteiger partial charge on any atom is -0.497 e. The number of ether oxygens (including phenoxy) is 1. The Labute approximate surface area is 195 Å². The van der Waals surface area contributed by atoms with E-state index < -0.39 is 0 Å². The predicted octanol–water partition coefficient (Wildman–Crippen LogP) is 4.95. The van der Waals surface area contributed by atoms with Crippen LogP contribution in [-0.4, -0.2) is 36.9 Å². The van der Waals surface area contributed by atoms with E-state index >= 15 is 0 Å². The fourth-order valence-corrected chi connectivity index (χ4v) is 4.39. The molecule has 1 fully saturated rings. The van der Waals surface area contributed by atoms with E-state index in [9.17, 15) is 9.59 Å². The van der Waals surface area contributed by atoms with E-state index in [0.29, 0.717) is 24.2 Å². The van der Waals surface area contributed by atoms with E-state index in [-0.39, 0.29) is 17.7 Å². The van der Waals surface area contributed by atoms with Crippen LogP contribution >= 0.6 is 0 Å². The van der Waals surface area contributed by atoms with Crippen LogP contribution in [0, 0.1) is 6.92 Å². The number of piperidine rings is 1. The van der Waals surface area contributed by atoms with E-state index in [0.717, 1.165) is 36.3 Å². The highest BCUT2D eigenvalue weighted by molar-refractivity contribution is 5.95. The van der Waals surface area contributed by atoms with Crippen molar-refractivity contribution in [1.29, 1.82) is 0 Å². The van der Waals surface area contributed by atoms with Crippen LogP contribution in [0.4, 0.5) is 0 Å². The first-order valence-corrected chi connectivity index (χ1v) is 11.4. The zero-order valence-electron chi connectivity index (χ0n) is 19.2. The number of nitrogens with one attached hydrogen (secondary N) is 1. The van der Waals surface area contributed by atoms with Crippen LogP contribution in [0.3, 0.4) is 0 Å². The molecule has 1 saturated heterocycles.